The summed E-state index contributed by atoms with van der Waals surface area (Å²) in [5, 5.41) is 1.14. The highest BCUT2D eigenvalue weighted by atomic mass is 79.9. The number of amides is 1. The van der Waals surface area contributed by atoms with Gasteiger partial charge in [-0.3, -0.25) is 4.79 Å². The molecule has 2 aromatic rings. The van der Waals surface area contributed by atoms with Gasteiger partial charge in [0.05, 0.1) is 25.9 Å². The van der Waals surface area contributed by atoms with Crippen molar-refractivity contribution in [1.82, 2.24) is 9.88 Å². The van der Waals surface area contributed by atoms with Gasteiger partial charge >= 0.3 is 0 Å². The lowest BCUT2D eigenvalue weighted by Gasteiger charge is -2.32. The maximum atomic E-state index is 12.6. The number of hydrogen-bond donors (Lipinski definition) is 0. The minimum absolute atomic E-state index is 0.117. The van der Waals surface area contributed by atoms with Gasteiger partial charge in [-0.1, -0.05) is 35.3 Å². The second kappa shape index (κ2) is 9.15. The fraction of sp³-hybridized carbons (Fsp3) is 0.333. The van der Waals surface area contributed by atoms with E-state index in [2.05, 4.69) is 20.9 Å². The minimum Gasteiger partial charge on any atom is -0.374 e. The second-order valence-corrected chi connectivity index (χ2v) is 7.43. The first kappa shape index (κ1) is 19.6. The van der Waals surface area contributed by atoms with Crippen LogP contribution in [0.15, 0.2) is 41.0 Å². The molecule has 3 rings (SSSR count). The van der Waals surface area contributed by atoms with Gasteiger partial charge in [0.2, 0.25) is 0 Å². The summed E-state index contributed by atoms with van der Waals surface area (Å²) in [6.45, 7) is 2.07. The third-order valence-electron chi connectivity index (χ3n) is 3.97. The molecule has 0 spiro atoms. The van der Waals surface area contributed by atoms with Crippen molar-refractivity contribution in [1.29, 1.82) is 0 Å². The number of ether oxygens (including phenoxy) is 2. The summed E-state index contributed by atoms with van der Waals surface area (Å²) in [4.78, 5) is 18.5. The highest BCUT2D eigenvalue weighted by Crippen LogP contribution is 2.25. The van der Waals surface area contributed by atoms with Crippen molar-refractivity contribution in [2.75, 3.05) is 26.3 Å². The summed E-state index contributed by atoms with van der Waals surface area (Å²) in [5.74, 6) is -0.117. The van der Waals surface area contributed by atoms with Crippen LogP contribution in [-0.4, -0.2) is 48.2 Å². The number of benzene rings is 1. The third kappa shape index (κ3) is 4.96. The third-order valence-corrected chi connectivity index (χ3v) is 5.12. The van der Waals surface area contributed by atoms with Gasteiger partial charge in [0.15, 0.2) is 0 Å². The topological polar surface area (TPSA) is 51.7 Å². The Hall–Kier alpha value is -1.18. The molecular formula is C18H17BrCl2N2O3. The molecule has 0 aliphatic carbocycles. The molecule has 0 radical (unpaired) electrons. The lowest BCUT2D eigenvalue weighted by molar-refractivity contribution is -0.0648. The summed E-state index contributed by atoms with van der Waals surface area (Å²) in [6, 6.07) is 10.6. The van der Waals surface area contributed by atoms with E-state index in [-0.39, 0.29) is 12.0 Å². The SMILES string of the molecule is O=C(c1cccc(Br)n1)N1CCO[C@@H](COCc2c(Cl)cccc2Cl)C1. The number of aromatic nitrogens is 1. The average Bonchev–Trinajstić information content (AvgIpc) is 2.64. The number of pyridine rings is 1. The van der Waals surface area contributed by atoms with E-state index in [4.69, 9.17) is 32.7 Å². The summed E-state index contributed by atoms with van der Waals surface area (Å²) in [5.41, 5.74) is 1.15. The molecule has 5 nitrogen and oxygen atoms in total. The van der Waals surface area contributed by atoms with Crippen LogP contribution in [0.4, 0.5) is 0 Å². The van der Waals surface area contributed by atoms with Crippen molar-refractivity contribution in [3.63, 3.8) is 0 Å². The number of nitrogens with zero attached hydrogens (tertiary/aromatic N) is 2. The summed E-state index contributed by atoms with van der Waals surface area (Å²) in [7, 11) is 0. The number of halogens is 3. The van der Waals surface area contributed by atoms with Crippen LogP contribution >= 0.6 is 39.1 Å². The molecular weight excluding hydrogens is 443 g/mol. The standard InChI is InChI=1S/C18H17BrCl2N2O3/c19-17-6-2-5-16(22-17)18(24)23-7-8-26-12(9-23)10-25-11-13-14(20)3-1-4-15(13)21/h1-6,12H,7-11H2/t12-/m1/s1. The van der Waals surface area contributed by atoms with E-state index in [1.807, 2.05) is 0 Å². The Labute approximate surface area is 170 Å². The van der Waals surface area contributed by atoms with Gasteiger partial charge in [-0.25, -0.2) is 4.98 Å². The van der Waals surface area contributed by atoms with Crippen LogP contribution in [0.3, 0.4) is 0 Å². The molecule has 1 fully saturated rings. The fourth-order valence-electron chi connectivity index (χ4n) is 2.66. The van der Waals surface area contributed by atoms with Crippen molar-refractivity contribution in [3.05, 3.63) is 62.3 Å². The zero-order chi connectivity index (χ0) is 18.5. The van der Waals surface area contributed by atoms with Gasteiger partial charge < -0.3 is 14.4 Å². The summed E-state index contributed by atoms with van der Waals surface area (Å²) < 4.78 is 12.1. The van der Waals surface area contributed by atoms with Crippen molar-refractivity contribution >= 4 is 45.0 Å². The van der Waals surface area contributed by atoms with Crippen LogP contribution in [0, 0.1) is 0 Å². The lowest BCUT2D eigenvalue weighted by atomic mass is 10.2. The van der Waals surface area contributed by atoms with Crippen molar-refractivity contribution in [3.8, 4) is 0 Å². The fourth-order valence-corrected chi connectivity index (χ4v) is 3.51. The first-order valence-corrected chi connectivity index (χ1v) is 9.63. The molecule has 1 aromatic carbocycles. The molecule has 1 aromatic heterocycles. The maximum Gasteiger partial charge on any atom is 0.272 e. The first-order valence-electron chi connectivity index (χ1n) is 8.08. The number of carbonyl (C=O) groups excluding carboxylic acids is 1. The number of morpholine rings is 1. The van der Waals surface area contributed by atoms with Crippen molar-refractivity contribution < 1.29 is 14.3 Å². The second-order valence-electron chi connectivity index (χ2n) is 5.80. The smallest absolute Gasteiger partial charge is 0.272 e. The van der Waals surface area contributed by atoms with Crippen molar-refractivity contribution in [2.45, 2.75) is 12.7 Å². The molecule has 2 heterocycles. The van der Waals surface area contributed by atoms with Gasteiger partial charge in [-0.05, 0) is 40.2 Å². The van der Waals surface area contributed by atoms with Gasteiger partial charge in [-0.15, -0.1) is 0 Å². The van der Waals surface area contributed by atoms with Gasteiger partial charge in [0.1, 0.15) is 10.3 Å². The van der Waals surface area contributed by atoms with E-state index in [1.165, 1.54) is 0 Å². The molecule has 0 unspecified atom stereocenters. The maximum absolute atomic E-state index is 12.6. The normalized spacial score (nSPS) is 17.3. The Morgan fingerprint density at radius 3 is 2.73 bits per heavy atom. The van der Waals surface area contributed by atoms with Gasteiger partial charge in [0, 0.05) is 28.7 Å². The van der Waals surface area contributed by atoms with E-state index in [9.17, 15) is 4.79 Å². The highest BCUT2D eigenvalue weighted by molar-refractivity contribution is 9.10. The Bertz CT molecular complexity index is 771. The molecule has 1 aliphatic heterocycles. The average molecular weight is 460 g/mol. The van der Waals surface area contributed by atoms with E-state index >= 15 is 0 Å². The summed E-state index contributed by atoms with van der Waals surface area (Å²) in [6.07, 6.45) is -0.207. The Balaban J connectivity index is 1.54. The Morgan fingerprint density at radius 2 is 2.00 bits per heavy atom. The van der Waals surface area contributed by atoms with Crippen LogP contribution in [0.2, 0.25) is 10.0 Å². The van der Waals surface area contributed by atoms with Crippen LogP contribution in [0.5, 0.6) is 0 Å². The zero-order valence-electron chi connectivity index (χ0n) is 13.8. The monoisotopic (exact) mass is 458 g/mol. The number of carbonyl (C=O) groups is 1. The van der Waals surface area contributed by atoms with Crippen LogP contribution in [0.1, 0.15) is 16.1 Å². The molecule has 1 saturated heterocycles. The zero-order valence-corrected chi connectivity index (χ0v) is 16.9. The molecule has 1 atom stereocenters. The molecule has 26 heavy (non-hydrogen) atoms. The predicted molar refractivity (Wildman–Crippen MR) is 104 cm³/mol. The molecule has 0 bridgehead atoms. The quantitative estimate of drug-likeness (QED) is 0.628. The van der Waals surface area contributed by atoms with Crippen molar-refractivity contribution in [2.24, 2.45) is 0 Å². The number of rotatable bonds is 5. The molecule has 138 valence electrons. The number of hydrogen-bond acceptors (Lipinski definition) is 4. The van der Waals surface area contributed by atoms with Crippen LogP contribution < -0.4 is 0 Å². The Morgan fingerprint density at radius 1 is 1.27 bits per heavy atom. The lowest BCUT2D eigenvalue weighted by Crippen LogP contribution is -2.47. The first-order chi connectivity index (χ1) is 12.5. The largest absolute Gasteiger partial charge is 0.374 e. The predicted octanol–water partition coefficient (Wildman–Crippen LogP) is 4.21. The minimum atomic E-state index is -0.207. The highest BCUT2D eigenvalue weighted by Gasteiger charge is 2.26. The summed E-state index contributed by atoms with van der Waals surface area (Å²) >= 11 is 15.6. The van der Waals surface area contributed by atoms with Crippen LogP contribution in [-0.2, 0) is 16.1 Å². The molecule has 0 saturated carbocycles. The van der Waals surface area contributed by atoms with E-state index in [0.717, 1.165) is 5.56 Å². The van der Waals surface area contributed by atoms with E-state index in [1.54, 1.807) is 41.3 Å². The van der Waals surface area contributed by atoms with Gasteiger partial charge in [0.25, 0.3) is 5.91 Å². The van der Waals surface area contributed by atoms with Crippen LogP contribution in [0.25, 0.3) is 0 Å². The molecule has 0 N–H and O–H groups in total. The molecule has 8 heteroatoms. The van der Waals surface area contributed by atoms with E-state index < -0.39 is 0 Å². The molecule has 1 aliphatic rings. The van der Waals surface area contributed by atoms with E-state index in [0.29, 0.717) is 53.3 Å². The molecule has 1 amide bonds. The van der Waals surface area contributed by atoms with Gasteiger partial charge in [-0.2, -0.15) is 0 Å². The Kier molecular flexibility index (Phi) is 6.89.